The number of anilines is 2. The van der Waals surface area contributed by atoms with Gasteiger partial charge in [0, 0.05) is 26.2 Å². The lowest BCUT2D eigenvalue weighted by molar-refractivity contribution is 0.0505. The molecule has 1 amide bonds. The number of ether oxygens (including phenoxy) is 1. The summed E-state index contributed by atoms with van der Waals surface area (Å²) in [5.41, 5.74) is 0.554. The first-order chi connectivity index (χ1) is 10.7. The molecular formula is C17H28N4O2. The highest BCUT2D eigenvalue weighted by molar-refractivity contribution is 5.68. The molecule has 0 aliphatic heterocycles. The SMILES string of the molecule is CN(C)c1ccc(NC2CCC(NC(=O)OC(C)(C)C)C2)cn1. The van der Waals surface area contributed by atoms with Crippen LogP contribution in [0.25, 0.3) is 0 Å². The van der Waals surface area contributed by atoms with Gasteiger partial charge in [-0.2, -0.15) is 0 Å². The quantitative estimate of drug-likeness (QED) is 0.893. The molecule has 1 fully saturated rings. The van der Waals surface area contributed by atoms with E-state index in [-0.39, 0.29) is 12.1 Å². The van der Waals surface area contributed by atoms with E-state index in [1.807, 2.05) is 58.1 Å². The number of hydrogen-bond donors (Lipinski definition) is 2. The Kier molecular flexibility index (Phi) is 5.34. The monoisotopic (exact) mass is 320 g/mol. The van der Waals surface area contributed by atoms with Crippen LogP contribution in [-0.4, -0.2) is 42.9 Å². The molecule has 1 aromatic rings. The van der Waals surface area contributed by atoms with Gasteiger partial charge in [-0.05, 0) is 52.2 Å². The fraction of sp³-hybridized carbons (Fsp3) is 0.647. The Balaban J connectivity index is 1.80. The van der Waals surface area contributed by atoms with Crippen LogP contribution < -0.4 is 15.5 Å². The van der Waals surface area contributed by atoms with Crippen LogP contribution in [0, 0.1) is 0 Å². The fourth-order valence-electron chi connectivity index (χ4n) is 2.69. The number of aromatic nitrogens is 1. The molecule has 2 atom stereocenters. The minimum Gasteiger partial charge on any atom is -0.444 e. The molecule has 1 saturated carbocycles. The molecule has 2 N–H and O–H groups in total. The Morgan fingerprint density at radius 2 is 1.96 bits per heavy atom. The van der Waals surface area contributed by atoms with Crippen LogP contribution in [0.15, 0.2) is 18.3 Å². The van der Waals surface area contributed by atoms with Crippen molar-refractivity contribution in [2.45, 2.75) is 57.7 Å². The maximum Gasteiger partial charge on any atom is 0.407 e. The van der Waals surface area contributed by atoms with Gasteiger partial charge in [-0.1, -0.05) is 0 Å². The minimum atomic E-state index is -0.458. The number of rotatable bonds is 4. The van der Waals surface area contributed by atoms with Gasteiger partial charge >= 0.3 is 6.09 Å². The van der Waals surface area contributed by atoms with Crippen LogP contribution in [0.5, 0.6) is 0 Å². The van der Waals surface area contributed by atoms with E-state index in [1.54, 1.807) is 0 Å². The van der Waals surface area contributed by atoms with Crippen LogP contribution in [0.4, 0.5) is 16.3 Å². The van der Waals surface area contributed by atoms with Gasteiger partial charge in [0.2, 0.25) is 0 Å². The summed E-state index contributed by atoms with van der Waals surface area (Å²) in [7, 11) is 3.94. The first-order valence-corrected chi connectivity index (χ1v) is 8.12. The van der Waals surface area contributed by atoms with Crippen molar-refractivity contribution in [1.82, 2.24) is 10.3 Å². The lowest BCUT2D eigenvalue weighted by Crippen LogP contribution is -2.38. The second-order valence-corrected chi connectivity index (χ2v) is 7.30. The summed E-state index contributed by atoms with van der Waals surface area (Å²) in [6, 6.07) is 4.54. The van der Waals surface area contributed by atoms with Crippen molar-refractivity contribution in [1.29, 1.82) is 0 Å². The normalized spacial score (nSPS) is 20.9. The smallest absolute Gasteiger partial charge is 0.407 e. The minimum absolute atomic E-state index is 0.163. The molecule has 128 valence electrons. The summed E-state index contributed by atoms with van der Waals surface area (Å²) in [6.07, 6.45) is 4.40. The van der Waals surface area contributed by atoms with Crippen molar-refractivity contribution in [3.8, 4) is 0 Å². The predicted molar refractivity (Wildman–Crippen MR) is 93.0 cm³/mol. The van der Waals surface area contributed by atoms with Crippen molar-refractivity contribution < 1.29 is 9.53 Å². The van der Waals surface area contributed by atoms with Gasteiger partial charge in [0.25, 0.3) is 0 Å². The number of hydrogen-bond acceptors (Lipinski definition) is 5. The van der Waals surface area contributed by atoms with Crippen molar-refractivity contribution in [3.05, 3.63) is 18.3 Å². The van der Waals surface area contributed by atoms with E-state index >= 15 is 0 Å². The second-order valence-electron chi connectivity index (χ2n) is 7.30. The largest absolute Gasteiger partial charge is 0.444 e. The average Bonchev–Trinajstić information content (AvgIpc) is 2.84. The Labute approximate surface area is 138 Å². The summed E-state index contributed by atoms with van der Waals surface area (Å²) in [4.78, 5) is 18.2. The molecule has 0 aromatic carbocycles. The molecule has 1 aliphatic rings. The zero-order chi connectivity index (χ0) is 17.0. The molecule has 2 rings (SSSR count). The van der Waals surface area contributed by atoms with Crippen LogP contribution in [0.2, 0.25) is 0 Å². The lowest BCUT2D eigenvalue weighted by Gasteiger charge is -2.22. The maximum absolute atomic E-state index is 11.8. The molecule has 1 aromatic heterocycles. The van der Waals surface area contributed by atoms with Gasteiger partial charge in [-0.15, -0.1) is 0 Å². The number of carbonyl (C=O) groups excluding carboxylic acids is 1. The molecule has 0 radical (unpaired) electrons. The zero-order valence-electron chi connectivity index (χ0n) is 14.7. The average molecular weight is 320 g/mol. The van der Waals surface area contributed by atoms with Gasteiger partial charge in [0.1, 0.15) is 11.4 Å². The van der Waals surface area contributed by atoms with Crippen LogP contribution >= 0.6 is 0 Å². The Hall–Kier alpha value is -1.98. The number of nitrogens with zero attached hydrogens (tertiary/aromatic N) is 2. The first-order valence-electron chi connectivity index (χ1n) is 8.12. The van der Waals surface area contributed by atoms with E-state index in [1.165, 1.54) is 0 Å². The van der Waals surface area contributed by atoms with Gasteiger partial charge in [0.05, 0.1) is 11.9 Å². The summed E-state index contributed by atoms with van der Waals surface area (Å²) in [5, 5.41) is 6.44. The van der Waals surface area contributed by atoms with Crippen molar-refractivity contribution in [2.75, 3.05) is 24.3 Å². The molecule has 6 nitrogen and oxygen atoms in total. The number of pyridine rings is 1. The highest BCUT2D eigenvalue weighted by atomic mass is 16.6. The van der Waals surface area contributed by atoms with E-state index in [9.17, 15) is 4.79 Å². The van der Waals surface area contributed by atoms with E-state index in [0.717, 1.165) is 30.8 Å². The number of amides is 1. The van der Waals surface area contributed by atoms with Crippen LogP contribution in [-0.2, 0) is 4.74 Å². The number of alkyl carbamates (subject to hydrolysis) is 1. The number of nitrogens with one attached hydrogen (secondary N) is 2. The third-order valence-corrected chi connectivity index (χ3v) is 3.73. The summed E-state index contributed by atoms with van der Waals surface area (Å²) < 4.78 is 5.30. The predicted octanol–water partition coefficient (Wildman–Crippen LogP) is 3.01. The number of carbonyl (C=O) groups is 1. The molecule has 0 spiro atoms. The van der Waals surface area contributed by atoms with Crippen molar-refractivity contribution in [2.24, 2.45) is 0 Å². The van der Waals surface area contributed by atoms with Gasteiger partial charge < -0.3 is 20.3 Å². The lowest BCUT2D eigenvalue weighted by atomic mass is 10.2. The van der Waals surface area contributed by atoms with Crippen LogP contribution in [0.3, 0.4) is 0 Å². The molecule has 23 heavy (non-hydrogen) atoms. The maximum atomic E-state index is 11.8. The van der Waals surface area contributed by atoms with Crippen LogP contribution in [0.1, 0.15) is 40.0 Å². The van der Waals surface area contributed by atoms with E-state index < -0.39 is 5.60 Å². The van der Waals surface area contributed by atoms with E-state index in [4.69, 9.17) is 4.74 Å². The topological polar surface area (TPSA) is 66.5 Å². The second kappa shape index (κ2) is 7.06. The molecule has 0 saturated heterocycles. The molecule has 1 heterocycles. The molecule has 6 heteroatoms. The fourth-order valence-corrected chi connectivity index (χ4v) is 2.69. The summed E-state index contributed by atoms with van der Waals surface area (Å²) in [5.74, 6) is 0.937. The van der Waals surface area contributed by atoms with Gasteiger partial charge in [-0.25, -0.2) is 9.78 Å². The summed E-state index contributed by atoms with van der Waals surface area (Å²) >= 11 is 0. The Morgan fingerprint density at radius 3 is 2.52 bits per heavy atom. The van der Waals surface area contributed by atoms with E-state index in [0.29, 0.717) is 6.04 Å². The molecule has 2 unspecified atom stereocenters. The van der Waals surface area contributed by atoms with Gasteiger partial charge in [0.15, 0.2) is 0 Å². The third-order valence-electron chi connectivity index (χ3n) is 3.73. The van der Waals surface area contributed by atoms with Crippen molar-refractivity contribution >= 4 is 17.6 Å². The highest BCUT2D eigenvalue weighted by Gasteiger charge is 2.27. The Morgan fingerprint density at radius 1 is 1.26 bits per heavy atom. The van der Waals surface area contributed by atoms with Crippen molar-refractivity contribution in [3.63, 3.8) is 0 Å². The zero-order valence-corrected chi connectivity index (χ0v) is 14.7. The standard InChI is InChI=1S/C17H28N4O2/c1-17(2,3)23-16(22)20-13-7-6-12(10-13)19-14-8-9-15(18-11-14)21(4)5/h8-9,11-13,19H,6-7,10H2,1-5H3,(H,20,22). The highest BCUT2D eigenvalue weighted by Crippen LogP contribution is 2.24. The van der Waals surface area contributed by atoms with E-state index in [2.05, 4.69) is 15.6 Å². The molecule has 1 aliphatic carbocycles. The van der Waals surface area contributed by atoms with Gasteiger partial charge in [-0.3, -0.25) is 0 Å². The first kappa shape index (κ1) is 17.4. The Bertz CT molecular complexity index is 522. The molecular weight excluding hydrogens is 292 g/mol. The summed E-state index contributed by atoms with van der Waals surface area (Å²) in [6.45, 7) is 5.61. The molecule has 0 bridgehead atoms. The third kappa shape index (κ3) is 5.62.